The molecule has 0 bridgehead atoms. The number of hydrogen-bond donors (Lipinski definition) is 1. The SMILES string of the molecule is Cc1ccc(C(=O)CSc2n[nH]c(-c3cccs3)n2)cc1. The molecule has 1 aromatic carbocycles. The highest BCUT2D eigenvalue weighted by Crippen LogP contribution is 2.23. The van der Waals surface area contributed by atoms with Gasteiger partial charge in [0.2, 0.25) is 5.16 Å². The Morgan fingerprint density at radius 3 is 2.81 bits per heavy atom. The number of nitrogens with zero attached hydrogens (tertiary/aromatic N) is 2. The lowest BCUT2D eigenvalue weighted by molar-refractivity contribution is 0.102. The summed E-state index contributed by atoms with van der Waals surface area (Å²) in [7, 11) is 0. The van der Waals surface area contributed by atoms with Gasteiger partial charge in [-0.3, -0.25) is 9.89 Å². The largest absolute Gasteiger partial charge is 0.293 e. The summed E-state index contributed by atoms with van der Waals surface area (Å²) in [4.78, 5) is 17.5. The minimum Gasteiger partial charge on any atom is -0.293 e. The highest BCUT2D eigenvalue weighted by molar-refractivity contribution is 7.99. The van der Waals surface area contributed by atoms with Gasteiger partial charge in [-0.1, -0.05) is 47.7 Å². The first-order valence-corrected chi connectivity index (χ1v) is 8.28. The number of carbonyl (C=O) groups is 1. The third kappa shape index (κ3) is 3.40. The molecule has 0 saturated heterocycles. The molecule has 0 spiro atoms. The van der Waals surface area contributed by atoms with Gasteiger partial charge in [-0.25, -0.2) is 4.98 Å². The molecule has 3 aromatic rings. The van der Waals surface area contributed by atoms with Gasteiger partial charge in [-0.05, 0) is 18.4 Å². The zero-order chi connectivity index (χ0) is 14.7. The number of aromatic nitrogens is 3. The van der Waals surface area contributed by atoms with Gasteiger partial charge in [0.25, 0.3) is 0 Å². The van der Waals surface area contributed by atoms with Crippen LogP contribution in [0.25, 0.3) is 10.7 Å². The summed E-state index contributed by atoms with van der Waals surface area (Å²) in [6.45, 7) is 2.00. The molecular formula is C15H13N3OS2. The van der Waals surface area contributed by atoms with E-state index in [0.717, 1.165) is 21.8 Å². The van der Waals surface area contributed by atoms with E-state index in [0.29, 0.717) is 10.9 Å². The van der Waals surface area contributed by atoms with Crippen LogP contribution in [0.3, 0.4) is 0 Å². The molecule has 0 saturated carbocycles. The number of hydrogen-bond acceptors (Lipinski definition) is 5. The van der Waals surface area contributed by atoms with Crippen LogP contribution in [0.4, 0.5) is 0 Å². The Balaban J connectivity index is 1.62. The quantitative estimate of drug-likeness (QED) is 0.574. The Kier molecular flexibility index (Phi) is 4.17. The van der Waals surface area contributed by atoms with Crippen LogP contribution in [0, 0.1) is 6.92 Å². The van der Waals surface area contributed by atoms with Gasteiger partial charge < -0.3 is 0 Å². The van der Waals surface area contributed by atoms with E-state index in [1.165, 1.54) is 11.8 Å². The Morgan fingerprint density at radius 2 is 2.10 bits per heavy atom. The van der Waals surface area contributed by atoms with Crippen LogP contribution in [0.2, 0.25) is 0 Å². The van der Waals surface area contributed by atoms with Crippen molar-refractivity contribution < 1.29 is 4.79 Å². The molecule has 106 valence electrons. The minimum atomic E-state index is 0.0856. The standard InChI is InChI=1S/C15H13N3OS2/c1-10-4-6-11(7-5-10)12(19)9-21-15-16-14(17-18-15)13-3-2-8-20-13/h2-8H,9H2,1H3,(H,16,17,18). The van der Waals surface area contributed by atoms with Crippen molar-refractivity contribution >= 4 is 28.9 Å². The highest BCUT2D eigenvalue weighted by atomic mass is 32.2. The molecule has 3 rings (SSSR count). The fourth-order valence-electron chi connectivity index (χ4n) is 1.79. The molecule has 2 heterocycles. The Bertz CT molecular complexity index is 733. The lowest BCUT2D eigenvalue weighted by Crippen LogP contribution is -2.02. The average Bonchev–Trinajstić information content (AvgIpc) is 3.16. The predicted molar refractivity (Wildman–Crippen MR) is 85.9 cm³/mol. The molecule has 0 radical (unpaired) electrons. The molecular weight excluding hydrogens is 302 g/mol. The topological polar surface area (TPSA) is 58.6 Å². The van der Waals surface area contributed by atoms with Crippen LogP contribution in [0.5, 0.6) is 0 Å². The second-order valence-corrected chi connectivity index (χ2v) is 6.41. The molecule has 1 N–H and O–H groups in total. The van der Waals surface area contributed by atoms with Gasteiger partial charge in [-0.15, -0.1) is 16.4 Å². The van der Waals surface area contributed by atoms with Crippen LogP contribution < -0.4 is 0 Å². The van der Waals surface area contributed by atoms with Crippen LogP contribution >= 0.6 is 23.1 Å². The van der Waals surface area contributed by atoms with Crippen LogP contribution in [-0.2, 0) is 0 Å². The summed E-state index contributed by atoms with van der Waals surface area (Å²) >= 11 is 2.95. The number of H-pyrrole nitrogens is 1. The van der Waals surface area contributed by atoms with Crippen molar-refractivity contribution in [3.8, 4) is 10.7 Å². The number of rotatable bonds is 5. The van der Waals surface area contributed by atoms with E-state index < -0.39 is 0 Å². The zero-order valence-electron chi connectivity index (χ0n) is 11.4. The van der Waals surface area contributed by atoms with E-state index in [2.05, 4.69) is 15.2 Å². The summed E-state index contributed by atoms with van der Waals surface area (Å²) < 4.78 is 0. The van der Waals surface area contributed by atoms with E-state index in [1.807, 2.05) is 48.7 Å². The van der Waals surface area contributed by atoms with E-state index >= 15 is 0 Å². The van der Waals surface area contributed by atoms with Crippen LogP contribution in [0.1, 0.15) is 15.9 Å². The Morgan fingerprint density at radius 1 is 1.29 bits per heavy atom. The molecule has 0 aliphatic carbocycles. The van der Waals surface area contributed by atoms with Gasteiger partial charge in [-0.2, -0.15) is 0 Å². The lowest BCUT2D eigenvalue weighted by atomic mass is 10.1. The van der Waals surface area contributed by atoms with Crippen molar-refractivity contribution in [3.63, 3.8) is 0 Å². The highest BCUT2D eigenvalue weighted by Gasteiger charge is 2.10. The maximum absolute atomic E-state index is 12.1. The molecule has 0 atom stereocenters. The van der Waals surface area contributed by atoms with Crippen LogP contribution in [0.15, 0.2) is 46.9 Å². The summed E-state index contributed by atoms with van der Waals surface area (Å²) in [6, 6.07) is 11.5. The van der Waals surface area contributed by atoms with Crippen molar-refractivity contribution in [2.75, 3.05) is 5.75 Å². The Hall–Kier alpha value is -1.92. The van der Waals surface area contributed by atoms with Crippen molar-refractivity contribution in [3.05, 3.63) is 52.9 Å². The summed E-state index contributed by atoms with van der Waals surface area (Å²) in [5.41, 5.74) is 1.87. The van der Waals surface area contributed by atoms with Crippen molar-refractivity contribution in [1.82, 2.24) is 15.2 Å². The van der Waals surface area contributed by atoms with E-state index in [9.17, 15) is 4.79 Å². The van der Waals surface area contributed by atoms with Crippen molar-refractivity contribution in [1.29, 1.82) is 0 Å². The lowest BCUT2D eigenvalue weighted by Gasteiger charge is -1.99. The fourth-order valence-corrected chi connectivity index (χ4v) is 3.14. The number of ketones is 1. The molecule has 0 amide bonds. The number of thiophene rings is 1. The molecule has 0 unspecified atom stereocenters. The minimum absolute atomic E-state index is 0.0856. The number of nitrogens with one attached hydrogen (secondary N) is 1. The second-order valence-electron chi connectivity index (χ2n) is 4.52. The number of aryl methyl sites for hydroxylation is 1. The smallest absolute Gasteiger partial charge is 0.209 e. The predicted octanol–water partition coefficient (Wildman–Crippen LogP) is 3.82. The monoisotopic (exact) mass is 315 g/mol. The number of aromatic amines is 1. The fraction of sp³-hybridized carbons (Fsp3) is 0.133. The average molecular weight is 315 g/mol. The maximum atomic E-state index is 12.1. The zero-order valence-corrected chi connectivity index (χ0v) is 13.0. The van der Waals surface area contributed by atoms with Gasteiger partial charge in [0.15, 0.2) is 11.6 Å². The van der Waals surface area contributed by atoms with E-state index in [1.54, 1.807) is 11.3 Å². The number of benzene rings is 1. The summed E-state index contributed by atoms with van der Waals surface area (Å²) in [5, 5.41) is 9.62. The Labute approximate surface area is 130 Å². The third-order valence-electron chi connectivity index (χ3n) is 2.93. The summed E-state index contributed by atoms with van der Waals surface area (Å²) in [5.74, 6) is 1.17. The van der Waals surface area contributed by atoms with Crippen molar-refractivity contribution in [2.24, 2.45) is 0 Å². The van der Waals surface area contributed by atoms with Gasteiger partial charge >= 0.3 is 0 Å². The maximum Gasteiger partial charge on any atom is 0.209 e. The molecule has 6 heteroatoms. The number of thioether (sulfide) groups is 1. The van der Waals surface area contributed by atoms with Crippen molar-refractivity contribution in [2.45, 2.75) is 12.1 Å². The number of Topliss-reactive ketones (excluding diaryl/α,β-unsaturated/α-hetero) is 1. The first-order valence-electron chi connectivity index (χ1n) is 6.41. The molecule has 4 nitrogen and oxygen atoms in total. The van der Waals surface area contributed by atoms with E-state index in [4.69, 9.17) is 0 Å². The normalized spacial score (nSPS) is 10.7. The van der Waals surface area contributed by atoms with Gasteiger partial charge in [0.05, 0.1) is 10.6 Å². The number of carbonyl (C=O) groups excluding carboxylic acids is 1. The second kappa shape index (κ2) is 6.24. The molecule has 2 aromatic heterocycles. The van der Waals surface area contributed by atoms with Crippen LogP contribution in [-0.4, -0.2) is 26.7 Å². The first-order chi connectivity index (χ1) is 10.2. The summed E-state index contributed by atoms with van der Waals surface area (Å²) in [6.07, 6.45) is 0. The molecule has 0 aliphatic rings. The third-order valence-corrected chi connectivity index (χ3v) is 4.65. The molecule has 0 fully saturated rings. The van der Waals surface area contributed by atoms with E-state index in [-0.39, 0.29) is 5.78 Å². The molecule has 0 aliphatic heterocycles. The molecule has 21 heavy (non-hydrogen) atoms. The van der Waals surface area contributed by atoms with Gasteiger partial charge in [0.1, 0.15) is 0 Å². The van der Waals surface area contributed by atoms with Gasteiger partial charge in [0, 0.05) is 5.56 Å². The first kappa shape index (κ1) is 14.0.